The highest BCUT2D eigenvalue weighted by atomic mass is 16.5. The molecule has 0 aromatic rings. The molecule has 2 N–H and O–H groups in total. The highest BCUT2D eigenvalue weighted by molar-refractivity contribution is 5.86. The monoisotopic (exact) mass is 201 g/mol. The highest BCUT2D eigenvalue weighted by Crippen LogP contribution is 1.94. The second-order valence-corrected chi connectivity index (χ2v) is 2.45. The summed E-state index contributed by atoms with van der Waals surface area (Å²) in [4.78, 5) is 19.1. The minimum absolute atomic E-state index is 0.143. The molecular weight excluding hydrogens is 186 g/mol. The summed E-state index contributed by atoms with van der Waals surface area (Å²) in [5, 5.41) is 13.8. The van der Waals surface area contributed by atoms with Gasteiger partial charge in [0.1, 0.15) is 0 Å². The van der Waals surface area contributed by atoms with Crippen molar-refractivity contribution in [2.24, 2.45) is 0 Å². The van der Waals surface area contributed by atoms with Crippen molar-refractivity contribution >= 4 is 12.0 Å². The van der Waals surface area contributed by atoms with Gasteiger partial charge < -0.3 is 9.84 Å². The molecule has 5 heteroatoms. The van der Waals surface area contributed by atoms with Crippen molar-refractivity contribution in [3.8, 4) is 0 Å². The van der Waals surface area contributed by atoms with Gasteiger partial charge in [0, 0.05) is 12.2 Å². The number of nitrogens with one attached hydrogen (secondary N) is 1. The van der Waals surface area contributed by atoms with E-state index in [1.807, 2.05) is 0 Å². The fraction of sp³-hybridized carbons (Fsp3) is 0.556. The largest absolute Gasteiger partial charge is 0.462 e. The van der Waals surface area contributed by atoms with Gasteiger partial charge in [0.25, 0.3) is 0 Å². The number of carbonyl (C=O) groups is 1. The number of rotatable bonds is 5. The van der Waals surface area contributed by atoms with E-state index < -0.39 is 0 Å². The molecule has 0 unspecified atom stereocenters. The van der Waals surface area contributed by atoms with E-state index in [-0.39, 0.29) is 12.6 Å². The quantitative estimate of drug-likeness (QED) is 0.226. The van der Waals surface area contributed by atoms with E-state index in [0.717, 1.165) is 6.08 Å². The molecule has 0 aliphatic heterocycles. The molecule has 0 aromatic heterocycles. The lowest BCUT2D eigenvalue weighted by atomic mass is 10.3. The van der Waals surface area contributed by atoms with Gasteiger partial charge in [-0.05, 0) is 19.8 Å². The molecule has 14 heavy (non-hydrogen) atoms. The summed E-state index contributed by atoms with van der Waals surface area (Å²) in [6, 6.07) is 0. The number of aliphatic hydroxyl groups is 1. The summed E-state index contributed by atoms with van der Waals surface area (Å²) in [5.74, 6) is -0.358. The van der Waals surface area contributed by atoms with Gasteiger partial charge in [-0.15, -0.1) is 0 Å². The van der Waals surface area contributed by atoms with Gasteiger partial charge in [0.05, 0.1) is 6.61 Å². The summed E-state index contributed by atoms with van der Waals surface area (Å²) in [7, 11) is 0. The molecule has 0 heterocycles. The number of carbonyl (C=O) groups excluding carboxylic acids is 2. The van der Waals surface area contributed by atoms with Crippen LogP contribution >= 0.6 is 0 Å². The smallest absolute Gasteiger partial charge is 0.333 e. The Morgan fingerprint density at radius 3 is 2.43 bits per heavy atom. The minimum atomic E-state index is -0.358. The zero-order chi connectivity index (χ0) is 11.4. The predicted molar refractivity (Wildman–Crippen MR) is 50.5 cm³/mol. The van der Waals surface area contributed by atoms with Crippen molar-refractivity contribution in [1.29, 1.82) is 5.41 Å². The Morgan fingerprint density at radius 1 is 1.57 bits per heavy atom. The van der Waals surface area contributed by atoms with Gasteiger partial charge in [-0.25, -0.2) is 15.0 Å². The second kappa shape index (κ2) is 11.6. The van der Waals surface area contributed by atoms with Gasteiger partial charge in [0.2, 0.25) is 6.08 Å². The summed E-state index contributed by atoms with van der Waals surface area (Å²) in [6.07, 6.45) is 2.12. The van der Waals surface area contributed by atoms with Crippen LogP contribution in [0.25, 0.3) is 0 Å². The molecule has 0 radical (unpaired) electrons. The van der Waals surface area contributed by atoms with Crippen LogP contribution in [0.15, 0.2) is 12.2 Å². The molecular formula is C9H15NO4. The van der Waals surface area contributed by atoms with Crippen LogP contribution < -0.4 is 0 Å². The summed E-state index contributed by atoms with van der Waals surface area (Å²) in [5.41, 5.74) is 0.411. The van der Waals surface area contributed by atoms with Crippen molar-refractivity contribution in [2.45, 2.75) is 19.8 Å². The van der Waals surface area contributed by atoms with Crippen molar-refractivity contribution in [3.63, 3.8) is 0 Å². The van der Waals surface area contributed by atoms with Crippen LogP contribution in [-0.2, 0) is 14.3 Å². The molecule has 0 aliphatic carbocycles. The van der Waals surface area contributed by atoms with E-state index in [0.29, 0.717) is 25.0 Å². The lowest BCUT2D eigenvalue weighted by Crippen LogP contribution is -2.06. The number of aliphatic hydroxyl groups excluding tert-OH is 1. The molecule has 0 aliphatic rings. The zero-order valence-corrected chi connectivity index (χ0v) is 8.21. The third-order valence-corrected chi connectivity index (χ3v) is 1.13. The van der Waals surface area contributed by atoms with Crippen LogP contribution in [0.2, 0.25) is 0 Å². The Kier molecular flexibility index (Phi) is 12.4. The molecule has 80 valence electrons. The maximum Gasteiger partial charge on any atom is 0.333 e. The fourth-order valence-corrected chi connectivity index (χ4v) is 0.502. The summed E-state index contributed by atoms with van der Waals surface area (Å²) >= 11 is 0. The first kappa shape index (κ1) is 15.0. The van der Waals surface area contributed by atoms with Crippen molar-refractivity contribution in [3.05, 3.63) is 12.2 Å². The standard InChI is InChI=1S/C8H14O3.CHNO/c1-7(2)8(10)11-6-4-3-5-9;2-1-3/h9H,1,3-6H2,2H3;2H. The molecule has 0 fully saturated rings. The van der Waals surface area contributed by atoms with Crippen molar-refractivity contribution in [1.82, 2.24) is 0 Å². The highest BCUT2D eigenvalue weighted by Gasteiger charge is 2.00. The minimum Gasteiger partial charge on any atom is -0.462 e. The van der Waals surface area contributed by atoms with Crippen LogP contribution in [0.1, 0.15) is 19.8 Å². The van der Waals surface area contributed by atoms with Gasteiger partial charge in [-0.3, -0.25) is 0 Å². The molecule has 0 bridgehead atoms. The third-order valence-electron chi connectivity index (χ3n) is 1.13. The van der Waals surface area contributed by atoms with E-state index in [9.17, 15) is 4.79 Å². The Morgan fingerprint density at radius 2 is 2.07 bits per heavy atom. The Labute approximate surface area is 82.9 Å². The lowest BCUT2D eigenvalue weighted by molar-refractivity contribution is -0.139. The van der Waals surface area contributed by atoms with Crippen LogP contribution in [0.4, 0.5) is 0 Å². The van der Waals surface area contributed by atoms with Crippen LogP contribution in [0, 0.1) is 5.41 Å². The second-order valence-electron chi connectivity index (χ2n) is 2.45. The predicted octanol–water partition coefficient (Wildman–Crippen LogP) is 0.779. The molecule has 0 rings (SSSR count). The maximum absolute atomic E-state index is 10.7. The molecule has 0 amide bonds. The van der Waals surface area contributed by atoms with E-state index in [1.54, 1.807) is 6.92 Å². The van der Waals surface area contributed by atoms with Crippen molar-refractivity contribution in [2.75, 3.05) is 13.2 Å². The maximum atomic E-state index is 10.7. The molecule has 0 atom stereocenters. The Bertz CT molecular complexity index is 207. The van der Waals surface area contributed by atoms with Crippen LogP contribution in [-0.4, -0.2) is 30.4 Å². The Balaban J connectivity index is 0. The summed E-state index contributed by atoms with van der Waals surface area (Å²) in [6.45, 7) is 5.55. The van der Waals surface area contributed by atoms with E-state index in [1.165, 1.54) is 0 Å². The lowest BCUT2D eigenvalue weighted by Gasteiger charge is -2.01. The van der Waals surface area contributed by atoms with E-state index in [2.05, 4.69) is 6.58 Å². The molecule has 0 aromatic carbocycles. The number of esters is 1. The van der Waals surface area contributed by atoms with Gasteiger partial charge in [0.15, 0.2) is 0 Å². The van der Waals surface area contributed by atoms with Crippen LogP contribution in [0.3, 0.4) is 0 Å². The average molecular weight is 201 g/mol. The van der Waals surface area contributed by atoms with Gasteiger partial charge in [-0.1, -0.05) is 6.58 Å². The van der Waals surface area contributed by atoms with Gasteiger partial charge >= 0.3 is 5.97 Å². The first-order valence-electron chi connectivity index (χ1n) is 4.07. The number of unbranched alkanes of at least 4 members (excludes halogenated alkanes) is 1. The Hall–Kier alpha value is -1.45. The average Bonchev–Trinajstić information content (AvgIpc) is 2.13. The molecule has 0 spiro atoms. The number of ether oxygens (including phenoxy) is 1. The SMILES string of the molecule is C=C(C)C(=O)OCCCCO.N=C=O. The molecule has 0 saturated heterocycles. The summed E-state index contributed by atoms with van der Waals surface area (Å²) < 4.78 is 4.76. The zero-order valence-electron chi connectivity index (χ0n) is 8.21. The number of hydrogen-bond donors (Lipinski definition) is 2. The van der Waals surface area contributed by atoms with Crippen LogP contribution in [0.5, 0.6) is 0 Å². The first-order chi connectivity index (χ1) is 6.59. The third kappa shape index (κ3) is 13.2. The van der Waals surface area contributed by atoms with E-state index >= 15 is 0 Å². The van der Waals surface area contributed by atoms with E-state index in [4.69, 9.17) is 20.0 Å². The molecule has 5 nitrogen and oxygen atoms in total. The number of hydrogen-bond acceptors (Lipinski definition) is 5. The normalized spacial score (nSPS) is 7.86. The fourth-order valence-electron chi connectivity index (χ4n) is 0.502. The number of isocyanates is 1. The molecule has 0 saturated carbocycles. The van der Waals surface area contributed by atoms with Gasteiger partial charge in [-0.2, -0.15) is 0 Å². The van der Waals surface area contributed by atoms with Crippen molar-refractivity contribution < 1.29 is 19.4 Å². The first-order valence-corrected chi connectivity index (χ1v) is 4.07. The topological polar surface area (TPSA) is 87.4 Å².